The molecule has 1 N–H and O–H groups in total. The Morgan fingerprint density at radius 2 is 2.06 bits per heavy atom. The third-order valence-electron chi connectivity index (χ3n) is 2.29. The summed E-state index contributed by atoms with van der Waals surface area (Å²) in [5.74, 6) is 0. The lowest BCUT2D eigenvalue weighted by atomic mass is 10.3. The Labute approximate surface area is 123 Å². The monoisotopic (exact) mass is 349 g/mol. The molecule has 2 rings (SSSR count). The van der Waals surface area contributed by atoms with Gasteiger partial charge >= 0.3 is 0 Å². The van der Waals surface area contributed by atoms with E-state index in [1.54, 1.807) is 17.4 Å². The highest BCUT2D eigenvalue weighted by molar-refractivity contribution is 9.10. The summed E-state index contributed by atoms with van der Waals surface area (Å²) in [6.45, 7) is 2.85. The van der Waals surface area contributed by atoms with Crippen molar-refractivity contribution < 1.29 is 0 Å². The first-order valence-electron chi connectivity index (χ1n) is 5.00. The molecule has 0 radical (unpaired) electrons. The van der Waals surface area contributed by atoms with Gasteiger partial charge in [-0.1, -0.05) is 23.2 Å². The molecule has 0 amide bonds. The second-order valence-electron chi connectivity index (χ2n) is 3.59. The number of halogens is 3. The van der Waals surface area contributed by atoms with Gasteiger partial charge in [0, 0.05) is 25.8 Å². The number of hydrogen-bond acceptors (Lipinski definition) is 2. The molecule has 17 heavy (non-hydrogen) atoms. The van der Waals surface area contributed by atoms with E-state index in [1.807, 2.05) is 12.1 Å². The van der Waals surface area contributed by atoms with Crippen molar-refractivity contribution in [3.8, 4) is 0 Å². The summed E-state index contributed by atoms with van der Waals surface area (Å²) < 4.78 is 1.15. The molecule has 90 valence electrons. The third-order valence-corrected chi connectivity index (χ3v) is 4.98. The van der Waals surface area contributed by atoms with Gasteiger partial charge in [0.25, 0.3) is 0 Å². The molecular formula is C12H10BrCl2NS. The number of thiophene rings is 1. The topological polar surface area (TPSA) is 12.0 Å². The highest BCUT2D eigenvalue weighted by Gasteiger charge is 2.04. The molecule has 1 aromatic carbocycles. The van der Waals surface area contributed by atoms with Crippen molar-refractivity contribution >= 4 is 56.2 Å². The van der Waals surface area contributed by atoms with Gasteiger partial charge in [-0.3, -0.25) is 0 Å². The van der Waals surface area contributed by atoms with Gasteiger partial charge in [-0.25, -0.2) is 0 Å². The number of benzene rings is 1. The Balaban J connectivity index is 2.07. The molecule has 2 aromatic rings. The van der Waals surface area contributed by atoms with Crippen LogP contribution in [0.3, 0.4) is 0 Å². The van der Waals surface area contributed by atoms with Crippen molar-refractivity contribution in [1.29, 1.82) is 0 Å². The van der Waals surface area contributed by atoms with Crippen LogP contribution in [0, 0.1) is 6.92 Å². The average molecular weight is 351 g/mol. The van der Waals surface area contributed by atoms with Gasteiger partial charge in [-0.05, 0) is 47.1 Å². The minimum atomic E-state index is 0.643. The predicted molar refractivity (Wildman–Crippen MR) is 80.5 cm³/mol. The van der Waals surface area contributed by atoms with Crippen LogP contribution in [0.1, 0.15) is 9.75 Å². The minimum absolute atomic E-state index is 0.643. The maximum absolute atomic E-state index is 6.08. The number of aryl methyl sites for hydroxylation is 1. The Kier molecular flexibility index (Phi) is 4.36. The fourth-order valence-corrected chi connectivity index (χ4v) is 3.44. The van der Waals surface area contributed by atoms with Crippen LogP contribution < -0.4 is 5.32 Å². The lowest BCUT2D eigenvalue weighted by molar-refractivity contribution is 1.19. The lowest BCUT2D eigenvalue weighted by Crippen LogP contribution is -1.97. The van der Waals surface area contributed by atoms with Crippen LogP contribution in [-0.4, -0.2) is 0 Å². The highest BCUT2D eigenvalue weighted by atomic mass is 79.9. The normalized spacial score (nSPS) is 10.6. The number of anilines is 1. The first-order valence-corrected chi connectivity index (χ1v) is 7.36. The molecule has 0 spiro atoms. The van der Waals surface area contributed by atoms with Gasteiger partial charge in [0.2, 0.25) is 0 Å². The molecule has 1 heterocycles. The van der Waals surface area contributed by atoms with Crippen LogP contribution >= 0.6 is 50.5 Å². The van der Waals surface area contributed by atoms with Crippen molar-refractivity contribution in [3.63, 3.8) is 0 Å². The van der Waals surface area contributed by atoms with E-state index in [0.717, 1.165) is 16.7 Å². The molecule has 0 saturated carbocycles. The highest BCUT2D eigenvalue weighted by Crippen LogP contribution is 2.29. The van der Waals surface area contributed by atoms with Gasteiger partial charge < -0.3 is 5.32 Å². The van der Waals surface area contributed by atoms with E-state index in [-0.39, 0.29) is 0 Å². The zero-order valence-electron chi connectivity index (χ0n) is 9.06. The third kappa shape index (κ3) is 3.38. The molecule has 0 aliphatic heterocycles. The maximum atomic E-state index is 6.08. The summed E-state index contributed by atoms with van der Waals surface area (Å²) in [7, 11) is 0. The van der Waals surface area contributed by atoms with Crippen LogP contribution in [0.25, 0.3) is 0 Å². The number of rotatable bonds is 3. The minimum Gasteiger partial charge on any atom is -0.379 e. The first kappa shape index (κ1) is 13.2. The molecular weight excluding hydrogens is 341 g/mol. The van der Waals surface area contributed by atoms with Crippen LogP contribution in [0.2, 0.25) is 10.0 Å². The van der Waals surface area contributed by atoms with Crippen molar-refractivity contribution in [2.75, 3.05) is 5.32 Å². The molecule has 0 bridgehead atoms. The SMILES string of the molecule is Cc1sc(CNc2ccc(Cl)cc2Cl)cc1Br. The summed E-state index contributed by atoms with van der Waals surface area (Å²) in [6, 6.07) is 7.57. The van der Waals surface area contributed by atoms with Crippen molar-refractivity contribution in [1.82, 2.24) is 0 Å². The quantitative estimate of drug-likeness (QED) is 0.744. The average Bonchev–Trinajstić information content (AvgIpc) is 2.57. The van der Waals surface area contributed by atoms with E-state index in [1.165, 1.54) is 9.75 Å². The molecule has 1 nitrogen and oxygen atoms in total. The fraction of sp³-hybridized carbons (Fsp3) is 0.167. The summed E-state index contributed by atoms with van der Waals surface area (Å²) in [5, 5.41) is 4.59. The van der Waals surface area contributed by atoms with Crippen molar-refractivity contribution in [3.05, 3.63) is 48.5 Å². The van der Waals surface area contributed by atoms with Gasteiger partial charge in [-0.2, -0.15) is 0 Å². The van der Waals surface area contributed by atoms with E-state index >= 15 is 0 Å². The Bertz CT molecular complexity index is 520. The van der Waals surface area contributed by atoms with Crippen LogP contribution in [0.5, 0.6) is 0 Å². The van der Waals surface area contributed by atoms with Crippen molar-refractivity contribution in [2.45, 2.75) is 13.5 Å². The van der Waals surface area contributed by atoms with E-state index in [2.05, 4.69) is 34.2 Å². The molecule has 0 aliphatic rings. The molecule has 0 fully saturated rings. The maximum Gasteiger partial charge on any atom is 0.0652 e. The first-order chi connectivity index (χ1) is 8.06. The van der Waals surface area contributed by atoms with Crippen LogP contribution in [0.15, 0.2) is 28.7 Å². The number of hydrogen-bond donors (Lipinski definition) is 1. The smallest absolute Gasteiger partial charge is 0.0652 e. The molecule has 0 unspecified atom stereocenters. The molecule has 0 aliphatic carbocycles. The van der Waals surface area contributed by atoms with E-state index in [0.29, 0.717) is 10.0 Å². The zero-order chi connectivity index (χ0) is 12.4. The van der Waals surface area contributed by atoms with Gasteiger partial charge in [0.1, 0.15) is 0 Å². The standard InChI is InChI=1S/C12H10BrCl2NS/c1-7-10(13)5-9(17-7)6-16-12-3-2-8(14)4-11(12)15/h2-5,16H,6H2,1H3. The van der Waals surface area contributed by atoms with Gasteiger partial charge in [0.15, 0.2) is 0 Å². The summed E-state index contributed by atoms with van der Waals surface area (Å²) >= 11 is 17.2. The summed E-state index contributed by atoms with van der Waals surface area (Å²) in [4.78, 5) is 2.55. The summed E-state index contributed by atoms with van der Waals surface area (Å²) in [6.07, 6.45) is 0. The number of nitrogens with one attached hydrogen (secondary N) is 1. The Morgan fingerprint density at radius 1 is 1.29 bits per heavy atom. The second kappa shape index (κ2) is 5.61. The predicted octanol–water partition coefficient (Wildman–Crippen LogP) is 5.74. The molecule has 0 atom stereocenters. The van der Waals surface area contributed by atoms with Gasteiger partial charge in [-0.15, -0.1) is 11.3 Å². The molecule has 5 heteroatoms. The Morgan fingerprint density at radius 3 is 2.65 bits per heavy atom. The van der Waals surface area contributed by atoms with Crippen LogP contribution in [0.4, 0.5) is 5.69 Å². The second-order valence-corrected chi connectivity index (χ2v) is 6.63. The van der Waals surface area contributed by atoms with Gasteiger partial charge in [0.05, 0.1) is 10.7 Å². The summed E-state index contributed by atoms with van der Waals surface area (Å²) in [5.41, 5.74) is 0.901. The molecule has 0 saturated heterocycles. The Hall–Kier alpha value is -0.220. The van der Waals surface area contributed by atoms with Crippen LogP contribution in [-0.2, 0) is 6.54 Å². The van der Waals surface area contributed by atoms with E-state index in [4.69, 9.17) is 23.2 Å². The lowest BCUT2D eigenvalue weighted by Gasteiger charge is -2.07. The molecule has 1 aromatic heterocycles. The van der Waals surface area contributed by atoms with Crippen molar-refractivity contribution in [2.24, 2.45) is 0 Å². The largest absolute Gasteiger partial charge is 0.379 e. The van der Waals surface area contributed by atoms with E-state index < -0.39 is 0 Å². The van der Waals surface area contributed by atoms with E-state index in [9.17, 15) is 0 Å². The fourth-order valence-electron chi connectivity index (χ4n) is 1.42. The zero-order valence-corrected chi connectivity index (χ0v) is 13.0.